The Labute approximate surface area is 281 Å². The highest BCUT2D eigenvalue weighted by Gasteiger charge is 2.46. The summed E-state index contributed by atoms with van der Waals surface area (Å²) in [6, 6.07) is 40.4. The lowest BCUT2D eigenvalue weighted by Crippen LogP contribution is -2.38. The molecule has 48 heavy (non-hydrogen) atoms. The summed E-state index contributed by atoms with van der Waals surface area (Å²) in [4.78, 5) is 25.6. The number of benzene rings is 6. The summed E-state index contributed by atoms with van der Waals surface area (Å²) in [7, 11) is 0. The van der Waals surface area contributed by atoms with Crippen molar-refractivity contribution in [2.45, 2.75) is 26.2 Å². The fraction of sp³-hybridized carbons (Fsp3) is 0.136. The Balaban J connectivity index is 1.50. The highest BCUT2D eigenvalue weighted by molar-refractivity contribution is 6.21. The van der Waals surface area contributed by atoms with Gasteiger partial charge in [-0.15, -0.1) is 0 Å². The van der Waals surface area contributed by atoms with Crippen LogP contribution in [-0.4, -0.2) is 25.2 Å². The van der Waals surface area contributed by atoms with Gasteiger partial charge in [0.1, 0.15) is 13.2 Å². The van der Waals surface area contributed by atoms with Crippen LogP contribution >= 0.6 is 0 Å². The third-order valence-corrected chi connectivity index (χ3v) is 9.39. The average Bonchev–Trinajstić information content (AvgIpc) is 3.37. The van der Waals surface area contributed by atoms with Gasteiger partial charge in [0, 0.05) is 11.1 Å². The molecular formula is C44H36O4. The second-order valence-electron chi connectivity index (χ2n) is 12.8. The van der Waals surface area contributed by atoms with Gasteiger partial charge in [0.05, 0.1) is 5.41 Å². The zero-order chi connectivity index (χ0) is 33.6. The predicted octanol–water partition coefficient (Wildman–Crippen LogP) is 10.1. The topological polar surface area (TPSA) is 52.6 Å². The van der Waals surface area contributed by atoms with Crippen LogP contribution in [-0.2, 0) is 24.5 Å². The summed E-state index contributed by atoms with van der Waals surface area (Å²) in [6.45, 7) is 12.9. The van der Waals surface area contributed by atoms with Crippen LogP contribution in [0.4, 0.5) is 0 Å². The van der Waals surface area contributed by atoms with Crippen LogP contribution in [0.15, 0.2) is 140 Å². The molecular weight excluding hydrogens is 592 g/mol. The molecule has 236 valence electrons. The van der Waals surface area contributed by atoms with E-state index < -0.39 is 17.4 Å². The smallest absolute Gasteiger partial charge is 0.333 e. The first-order valence-corrected chi connectivity index (χ1v) is 16.1. The molecule has 0 fully saturated rings. The molecule has 0 heterocycles. The molecule has 0 saturated carbocycles. The lowest BCUT2D eigenvalue weighted by Gasteiger charge is -2.31. The number of rotatable bonds is 8. The molecule has 7 rings (SSSR count). The van der Waals surface area contributed by atoms with Crippen molar-refractivity contribution in [2.75, 3.05) is 13.2 Å². The Hall–Kier alpha value is -5.74. The van der Waals surface area contributed by atoms with Gasteiger partial charge in [-0.3, -0.25) is 0 Å². The number of ether oxygens (including phenoxy) is 2. The molecule has 1 aliphatic rings. The molecule has 4 nitrogen and oxygen atoms in total. The summed E-state index contributed by atoms with van der Waals surface area (Å²) >= 11 is 0. The predicted molar refractivity (Wildman–Crippen MR) is 195 cm³/mol. The van der Waals surface area contributed by atoms with Gasteiger partial charge in [0.25, 0.3) is 0 Å². The summed E-state index contributed by atoms with van der Waals surface area (Å²) in [5.41, 5.74) is 9.27. The monoisotopic (exact) mass is 628 g/mol. The molecule has 0 bridgehead atoms. The van der Waals surface area contributed by atoms with Crippen molar-refractivity contribution in [1.29, 1.82) is 0 Å². The Bertz CT molecular complexity index is 2220. The molecule has 4 heteroatoms. The molecule has 1 aliphatic carbocycles. The second kappa shape index (κ2) is 12.1. The average molecular weight is 629 g/mol. The van der Waals surface area contributed by atoms with Gasteiger partial charge in [-0.05, 0) is 92.9 Å². The molecule has 0 amide bonds. The van der Waals surface area contributed by atoms with Crippen molar-refractivity contribution in [1.82, 2.24) is 0 Å². The normalized spacial score (nSPS) is 12.7. The lowest BCUT2D eigenvalue weighted by atomic mass is 9.78. The van der Waals surface area contributed by atoms with E-state index in [-0.39, 0.29) is 13.2 Å². The molecule has 0 spiro atoms. The van der Waals surface area contributed by atoms with Crippen LogP contribution in [0.1, 0.15) is 30.5 Å². The van der Waals surface area contributed by atoms with Gasteiger partial charge >= 0.3 is 11.9 Å². The van der Waals surface area contributed by atoms with Crippen LogP contribution in [0.5, 0.6) is 0 Å². The molecule has 0 saturated heterocycles. The van der Waals surface area contributed by atoms with Gasteiger partial charge in [-0.1, -0.05) is 128 Å². The van der Waals surface area contributed by atoms with E-state index in [9.17, 15) is 9.59 Å². The SMILES string of the molecule is C=C(C)C(=O)OCC1(COC(=O)C(=C)C)c2ccccc2-c2ccc(-c3c4ccccc4c(-c4cccc(C)c4)c4ccccc34)cc21. The minimum Gasteiger partial charge on any atom is -0.461 e. The standard InChI is InChI=1S/C44H36O4/c1-27(2)42(45)47-25-44(26-48-43(46)28(3)4)38-20-11-10-15-32(38)33-22-21-31(24-39(33)44)41-36-18-8-6-16-34(36)40(30-14-12-13-29(5)23-30)35-17-7-9-19-37(35)41/h6-24H,1,3,25-26H2,2,4-5H3. The minimum atomic E-state index is -0.953. The Morgan fingerprint density at radius 2 is 1.04 bits per heavy atom. The van der Waals surface area contributed by atoms with Gasteiger partial charge < -0.3 is 9.47 Å². The summed E-state index contributed by atoms with van der Waals surface area (Å²) in [5.74, 6) is -0.988. The first kappa shape index (κ1) is 30.9. The Morgan fingerprint density at radius 1 is 0.562 bits per heavy atom. The van der Waals surface area contributed by atoms with Crippen molar-refractivity contribution in [3.8, 4) is 33.4 Å². The van der Waals surface area contributed by atoms with E-state index in [0.29, 0.717) is 11.1 Å². The molecule has 0 atom stereocenters. The third kappa shape index (κ3) is 5.10. The number of fused-ring (bicyclic) bond motifs is 5. The van der Waals surface area contributed by atoms with Gasteiger partial charge in [-0.25, -0.2) is 9.59 Å². The third-order valence-electron chi connectivity index (χ3n) is 9.39. The van der Waals surface area contributed by atoms with Gasteiger partial charge in [0.2, 0.25) is 0 Å². The number of hydrogen-bond donors (Lipinski definition) is 0. The maximum Gasteiger partial charge on any atom is 0.333 e. The van der Waals surface area contributed by atoms with Gasteiger partial charge in [0.15, 0.2) is 0 Å². The number of esters is 2. The highest BCUT2D eigenvalue weighted by Crippen LogP contribution is 2.52. The Kier molecular flexibility index (Phi) is 7.80. The Morgan fingerprint density at radius 3 is 1.56 bits per heavy atom. The van der Waals surface area contributed by atoms with Crippen LogP contribution in [0, 0.1) is 6.92 Å². The van der Waals surface area contributed by atoms with Gasteiger partial charge in [-0.2, -0.15) is 0 Å². The van der Waals surface area contributed by atoms with E-state index in [0.717, 1.165) is 54.9 Å². The molecule has 0 aliphatic heterocycles. The van der Waals surface area contributed by atoms with Crippen LogP contribution in [0.3, 0.4) is 0 Å². The van der Waals surface area contributed by atoms with E-state index in [1.165, 1.54) is 16.7 Å². The van der Waals surface area contributed by atoms with E-state index in [1.807, 2.05) is 18.2 Å². The number of carbonyl (C=O) groups is 2. The van der Waals surface area contributed by atoms with Crippen molar-refractivity contribution < 1.29 is 19.1 Å². The van der Waals surface area contributed by atoms with E-state index in [1.54, 1.807) is 13.8 Å². The first-order valence-electron chi connectivity index (χ1n) is 16.1. The summed E-state index contributed by atoms with van der Waals surface area (Å²) < 4.78 is 11.8. The fourth-order valence-electron chi connectivity index (χ4n) is 7.14. The number of hydrogen-bond acceptors (Lipinski definition) is 4. The van der Waals surface area contributed by atoms with Crippen LogP contribution in [0.25, 0.3) is 54.9 Å². The zero-order valence-electron chi connectivity index (χ0n) is 27.4. The quantitative estimate of drug-likeness (QED) is 0.0956. The maximum absolute atomic E-state index is 12.8. The molecule has 0 aromatic heterocycles. The van der Waals surface area contributed by atoms with Crippen molar-refractivity contribution in [3.05, 3.63) is 156 Å². The van der Waals surface area contributed by atoms with E-state index >= 15 is 0 Å². The molecule has 0 N–H and O–H groups in total. The zero-order valence-corrected chi connectivity index (χ0v) is 27.4. The van der Waals surface area contributed by atoms with E-state index in [4.69, 9.17) is 9.47 Å². The summed E-state index contributed by atoms with van der Waals surface area (Å²) in [6.07, 6.45) is 0. The highest BCUT2D eigenvalue weighted by atomic mass is 16.5. The van der Waals surface area contributed by atoms with Crippen LogP contribution < -0.4 is 0 Å². The first-order chi connectivity index (χ1) is 23.2. The molecule has 0 radical (unpaired) electrons. The molecule has 6 aromatic rings. The number of carbonyl (C=O) groups excluding carboxylic acids is 2. The molecule has 6 aromatic carbocycles. The number of aryl methyl sites for hydroxylation is 1. The van der Waals surface area contributed by atoms with Crippen molar-refractivity contribution in [3.63, 3.8) is 0 Å². The summed E-state index contributed by atoms with van der Waals surface area (Å²) in [5, 5.41) is 4.60. The minimum absolute atomic E-state index is 0.0244. The fourth-order valence-corrected chi connectivity index (χ4v) is 7.14. The van der Waals surface area contributed by atoms with Crippen LogP contribution in [0.2, 0.25) is 0 Å². The lowest BCUT2D eigenvalue weighted by molar-refractivity contribution is -0.144. The largest absolute Gasteiger partial charge is 0.461 e. The molecule has 0 unspecified atom stereocenters. The maximum atomic E-state index is 12.8. The van der Waals surface area contributed by atoms with E-state index in [2.05, 4.69) is 117 Å². The van der Waals surface area contributed by atoms with Crippen molar-refractivity contribution in [2.24, 2.45) is 0 Å². The van der Waals surface area contributed by atoms with Crippen molar-refractivity contribution >= 4 is 33.5 Å². The second-order valence-corrected chi connectivity index (χ2v) is 12.8.